The molecule has 0 radical (unpaired) electrons. The fourth-order valence-electron chi connectivity index (χ4n) is 1.71. The van der Waals surface area contributed by atoms with Crippen molar-refractivity contribution in [3.8, 4) is 5.75 Å². The summed E-state index contributed by atoms with van der Waals surface area (Å²) in [5.41, 5.74) is 1.06. The van der Waals surface area contributed by atoms with Crippen LogP contribution in [0.3, 0.4) is 0 Å². The molecule has 1 aromatic carbocycles. The summed E-state index contributed by atoms with van der Waals surface area (Å²) in [6.07, 6.45) is 0. The molecule has 0 aliphatic carbocycles. The average molecular weight is 295 g/mol. The number of hydrogen-bond donors (Lipinski definition) is 0. The van der Waals surface area contributed by atoms with Crippen LogP contribution < -0.4 is 4.74 Å². The molecule has 0 aliphatic rings. The largest absolute Gasteiger partial charge is 0.497 e. The van der Waals surface area contributed by atoms with E-state index in [0.29, 0.717) is 6.54 Å². The van der Waals surface area contributed by atoms with E-state index in [9.17, 15) is 9.18 Å². The van der Waals surface area contributed by atoms with Gasteiger partial charge in [-0.1, -0.05) is 16.6 Å². The predicted molar refractivity (Wildman–Crippen MR) is 73.5 cm³/mol. The highest BCUT2D eigenvalue weighted by Crippen LogP contribution is 2.17. The van der Waals surface area contributed by atoms with Crippen LogP contribution in [0, 0.1) is 0 Å². The number of alkyl halides is 1. The van der Waals surface area contributed by atoms with E-state index in [0.717, 1.165) is 22.8 Å². The summed E-state index contributed by atoms with van der Waals surface area (Å²) in [5, 5.41) is 3.60. The normalized spacial score (nSPS) is 10.3. The Hall–Kier alpha value is -2.02. The highest BCUT2D eigenvalue weighted by atomic mass is 32.1. The molecule has 2 rings (SSSR count). The number of amides is 1. The summed E-state index contributed by atoms with van der Waals surface area (Å²) in [7, 11) is 3.26. The van der Waals surface area contributed by atoms with E-state index in [1.54, 1.807) is 14.2 Å². The molecule has 0 spiro atoms. The first-order valence-corrected chi connectivity index (χ1v) is 6.68. The van der Waals surface area contributed by atoms with Crippen molar-refractivity contribution < 1.29 is 13.9 Å². The molecule has 0 bridgehead atoms. The van der Waals surface area contributed by atoms with Crippen LogP contribution in [0.2, 0.25) is 0 Å². The highest BCUT2D eigenvalue weighted by molar-refractivity contribution is 7.07. The van der Waals surface area contributed by atoms with Gasteiger partial charge in [-0.15, -0.1) is 5.10 Å². The summed E-state index contributed by atoms with van der Waals surface area (Å²) >= 11 is 0.915. The minimum atomic E-state index is -0.784. The van der Waals surface area contributed by atoms with Crippen molar-refractivity contribution in [3.63, 3.8) is 0 Å². The van der Waals surface area contributed by atoms with Crippen molar-refractivity contribution in [3.05, 3.63) is 40.4 Å². The number of methoxy groups -OCH3 is 1. The number of halogens is 1. The van der Waals surface area contributed by atoms with E-state index in [1.807, 2.05) is 24.3 Å². The molecule has 20 heavy (non-hydrogen) atoms. The van der Waals surface area contributed by atoms with E-state index in [1.165, 1.54) is 4.90 Å². The highest BCUT2D eigenvalue weighted by Gasteiger charge is 2.19. The van der Waals surface area contributed by atoms with Crippen LogP contribution in [0.15, 0.2) is 24.3 Å². The molecule has 7 heteroatoms. The second kappa shape index (κ2) is 6.42. The second-order valence-corrected chi connectivity index (χ2v) is 4.95. The number of nitrogens with zero attached hydrogens (tertiary/aromatic N) is 3. The van der Waals surface area contributed by atoms with Gasteiger partial charge in [-0.25, -0.2) is 4.39 Å². The number of rotatable bonds is 5. The van der Waals surface area contributed by atoms with E-state index in [4.69, 9.17) is 4.74 Å². The topological polar surface area (TPSA) is 55.3 Å². The second-order valence-electron chi connectivity index (χ2n) is 4.19. The number of benzene rings is 1. The Bertz CT molecular complexity index is 586. The molecule has 2 aromatic rings. The van der Waals surface area contributed by atoms with Gasteiger partial charge in [0.1, 0.15) is 23.0 Å². The smallest absolute Gasteiger partial charge is 0.267 e. The monoisotopic (exact) mass is 295 g/mol. The van der Waals surface area contributed by atoms with Gasteiger partial charge in [0.25, 0.3) is 5.91 Å². The van der Waals surface area contributed by atoms with Crippen molar-refractivity contribution in [1.29, 1.82) is 0 Å². The van der Waals surface area contributed by atoms with Crippen molar-refractivity contribution in [2.24, 2.45) is 0 Å². The first kappa shape index (κ1) is 14.4. The summed E-state index contributed by atoms with van der Waals surface area (Å²) in [6, 6.07) is 7.41. The fraction of sp³-hybridized carbons (Fsp3) is 0.308. The lowest BCUT2D eigenvalue weighted by atomic mass is 10.2. The molecule has 0 fully saturated rings. The van der Waals surface area contributed by atoms with Crippen LogP contribution in [0.25, 0.3) is 0 Å². The molecule has 1 heterocycles. The van der Waals surface area contributed by atoms with Crippen LogP contribution in [0.4, 0.5) is 4.39 Å². The molecular formula is C13H14FN3O2S. The molecule has 0 saturated carbocycles. The zero-order chi connectivity index (χ0) is 14.5. The first-order valence-electron chi connectivity index (χ1n) is 5.91. The molecule has 0 atom stereocenters. The molecule has 1 amide bonds. The lowest BCUT2D eigenvalue weighted by Gasteiger charge is -2.16. The van der Waals surface area contributed by atoms with Gasteiger partial charge in [-0.2, -0.15) is 0 Å². The van der Waals surface area contributed by atoms with E-state index in [2.05, 4.69) is 9.59 Å². The Morgan fingerprint density at radius 3 is 2.70 bits per heavy atom. The molecule has 0 saturated heterocycles. The standard InChI is InChI=1S/C13H14FN3O2S/c1-17(8-9-3-5-10(19-2)6-4-9)13(18)12-11(7-14)15-16-20-12/h3-6H,7-8H2,1-2H3. The Morgan fingerprint density at radius 2 is 2.10 bits per heavy atom. The number of carbonyl (C=O) groups is 1. The molecular weight excluding hydrogens is 281 g/mol. The molecule has 5 nitrogen and oxygen atoms in total. The SMILES string of the molecule is COc1ccc(CN(C)C(=O)c2snnc2CF)cc1. The number of ether oxygens (including phenoxy) is 1. The van der Waals surface area contributed by atoms with Crippen molar-refractivity contribution in [2.75, 3.05) is 14.2 Å². The Kier molecular flexibility index (Phi) is 4.62. The van der Waals surface area contributed by atoms with Gasteiger partial charge in [0.05, 0.1) is 7.11 Å². The van der Waals surface area contributed by atoms with Gasteiger partial charge in [0.2, 0.25) is 0 Å². The molecule has 1 aromatic heterocycles. The van der Waals surface area contributed by atoms with Crippen molar-refractivity contribution in [1.82, 2.24) is 14.5 Å². The Morgan fingerprint density at radius 1 is 1.40 bits per heavy atom. The van der Waals surface area contributed by atoms with Gasteiger partial charge >= 0.3 is 0 Å². The number of hydrogen-bond acceptors (Lipinski definition) is 5. The van der Waals surface area contributed by atoms with Crippen LogP contribution in [-0.2, 0) is 13.2 Å². The van der Waals surface area contributed by atoms with Crippen LogP contribution in [0.1, 0.15) is 20.9 Å². The maximum Gasteiger partial charge on any atom is 0.267 e. The summed E-state index contributed by atoms with van der Waals surface area (Å²) < 4.78 is 21.4. The Labute approximate surface area is 120 Å². The maximum atomic E-state index is 12.7. The van der Waals surface area contributed by atoms with Gasteiger partial charge in [0.15, 0.2) is 0 Å². The predicted octanol–water partition coefficient (Wildman–Crippen LogP) is 2.29. The van der Waals surface area contributed by atoms with Gasteiger partial charge in [0, 0.05) is 13.6 Å². The minimum absolute atomic E-state index is 0.0987. The molecule has 0 aliphatic heterocycles. The van der Waals surface area contributed by atoms with Crippen LogP contribution in [-0.4, -0.2) is 34.6 Å². The quantitative estimate of drug-likeness (QED) is 0.849. The van der Waals surface area contributed by atoms with E-state index >= 15 is 0 Å². The first-order chi connectivity index (χ1) is 9.65. The number of aromatic nitrogens is 2. The molecule has 0 N–H and O–H groups in total. The van der Waals surface area contributed by atoms with E-state index in [-0.39, 0.29) is 16.5 Å². The van der Waals surface area contributed by atoms with Crippen LogP contribution >= 0.6 is 11.5 Å². The van der Waals surface area contributed by atoms with Crippen LogP contribution in [0.5, 0.6) is 5.75 Å². The van der Waals surface area contributed by atoms with Crippen molar-refractivity contribution >= 4 is 17.4 Å². The van der Waals surface area contributed by atoms with Gasteiger partial charge in [-0.3, -0.25) is 4.79 Å². The zero-order valence-corrected chi connectivity index (χ0v) is 12.0. The summed E-state index contributed by atoms with van der Waals surface area (Å²) in [4.78, 5) is 13.9. The fourth-order valence-corrected chi connectivity index (χ4v) is 2.36. The van der Waals surface area contributed by atoms with Gasteiger partial charge < -0.3 is 9.64 Å². The number of carbonyl (C=O) groups excluding carboxylic acids is 1. The lowest BCUT2D eigenvalue weighted by Crippen LogP contribution is -2.26. The minimum Gasteiger partial charge on any atom is -0.497 e. The maximum absolute atomic E-state index is 12.7. The zero-order valence-electron chi connectivity index (χ0n) is 11.2. The van der Waals surface area contributed by atoms with Crippen molar-refractivity contribution in [2.45, 2.75) is 13.2 Å². The third-order valence-corrected chi connectivity index (χ3v) is 3.56. The van der Waals surface area contributed by atoms with Gasteiger partial charge in [-0.05, 0) is 29.2 Å². The lowest BCUT2D eigenvalue weighted by molar-refractivity contribution is 0.0787. The molecule has 106 valence electrons. The summed E-state index contributed by atoms with van der Waals surface area (Å²) in [6.45, 7) is -0.361. The Balaban J connectivity index is 2.07. The third-order valence-electron chi connectivity index (χ3n) is 2.80. The summed E-state index contributed by atoms with van der Waals surface area (Å²) in [5.74, 6) is 0.484. The van der Waals surface area contributed by atoms with E-state index < -0.39 is 6.67 Å². The third kappa shape index (κ3) is 3.11. The average Bonchev–Trinajstić information content (AvgIpc) is 2.95. The molecule has 0 unspecified atom stereocenters.